The highest BCUT2D eigenvalue weighted by Crippen LogP contribution is 2.27. The first-order valence-corrected chi connectivity index (χ1v) is 10.7. The number of carbonyl (C=O) groups is 2. The maximum Gasteiger partial charge on any atom is 0.240 e. The first-order valence-electron chi connectivity index (χ1n) is 9.86. The Kier molecular flexibility index (Phi) is 7.04. The lowest BCUT2D eigenvalue weighted by Gasteiger charge is -2.19. The van der Waals surface area contributed by atoms with Crippen LogP contribution in [0.25, 0.3) is 0 Å². The number of nitrogens with one attached hydrogen (secondary N) is 2. The Labute approximate surface area is 165 Å². The molecule has 1 aromatic heterocycles. The van der Waals surface area contributed by atoms with E-state index < -0.39 is 0 Å². The van der Waals surface area contributed by atoms with E-state index in [1.165, 1.54) is 5.56 Å². The van der Waals surface area contributed by atoms with E-state index in [4.69, 9.17) is 0 Å². The molecule has 0 bridgehead atoms. The van der Waals surface area contributed by atoms with Crippen molar-refractivity contribution in [3.05, 3.63) is 57.8 Å². The maximum atomic E-state index is 12.5. The van der Waals surface area contributed by atoms with Crippen LogP contribution >= 0.6 is 11.3 Å². The molecule has 1 aliphatic rings. The molecular weight excluding hydrogens is 356 g/mol. The van der Waals surface area contributed by atoms with Gasteiger partial charge in [-0.2, -0.15) is 0 Å². The first-order chi connectivity index (χ1) is 13.2. The minimum atomic E-state index is -0.184. The summed E-state index contributed by atoms with van der Waals surface area (Å²) in [5.74, 6) is -0.0615. The highest BCUT2D eigenvalue weighted by molar-refractivity contribution is 7.10. The Morgan fingerprint density at radius 3 is 2.52 bits per heavy atom. The molecular formula is C22H28N2O2S. The van der Waals surface area contributed by atoms with E-state index in [2.05, 4.69) is 41.8 Å². The third kappa shape index (κ3) is 5.42. The van der Waals surface area contributed by atoms with Gasteiger partial charge in [0.15, 0.2) is 0 Å². The van der Waals surface area contributed by atoms with Gasteiger partial charge >= 0.3 is 0 Å². The Balaban J connectivity index is 1.63. The van der Waals surface area contributed by atoms with Crippen LogP contribution in [0, 0.1) is 5.92 Å². The zero-order valence-electron chi connectivity index (χ0n) is 15.9. The van der Waals surface area contributed by atoms with Crippen LogP contribution in [0.5, 0.6) is 0 Å². The molecule has 5 heteroatoms. The summed E-state index contributed by atoms with van der Waals surface area (Å²) in [6, 6.07) is 12.3. The third-order valence-corrected chi connectivity index (χ3v) is 6.07. The second kappa shape index (κ2) is 9.70. The summed E-state index contributed by atoms with van der Waals surface area (Å²) >= 11 is 1.63. The van der Waals surface area contributed by atoms with Crippen LogP contribution in [0.15, 0.2) is 41.8 Å². The largest absolute Gasteiger partial charge is 0.347 e. The van der Waals surface area contributed by atoms with Crippen LogP contribution in [0.2, 0.25) is 0 Å². The molecule has 4 nitrogen and oxygen atoms in total. The van der Waals surface area contributed by atoms with E-state index in [0.29, 0.717) is 0 Å². The van der Waals surface area contributed by atoms with Gasteiger partial charge < -0.3 is 10.6 Å². The summed E-state index contributed by atoms with van der Waals surface area (Å²) in [5.41, 5.74) is 2.37. The Hall–Kier alpha value is -2.14. The van der Waals surface area contributed by atoms with Crippen molar-refractivity contribution in [2.45, 2.75) is 51.5 Å². The molecule has 1 heterocycles. The van der Waals surface area contributed by atoms with Gasteiger partial charge in [-0.3, -0.25) is 9.59 Å². The van der Waals surface area contributed by atoms with E-state index in [0.717, 1.165) is 49.0 Å². The van der Waals surface area contributed by atoms with Gasteiger partial charge in [-0.15, -0.1) is 11.3 Å². The predicted molar refractivity (Wildman–Crippen MR) is 110 cm³/mol. The van der Waals surface area contributed by atoms with Crippen LogP contribution < -0.4 is 10.6 Å². The zero-order chi connectivity index (χ0) is 19.1. The average Bonchev–Trinajstić information content (AvgIpc) is 3.39. The highest BCUT2D eigenvalue weighted by Gasteiger charge is 2.23. The van der Waals surface area contributed by atoms with Gasteiger partial charge in [0, 0.05) is 10.8 Å². The van der Waals surface area contributed by atoms with Crippen LogP contribution in [-0.2, 0) is 16.0 Å². The molecule has 27 heavy (non-hydrogen) atoms. The molecule has 144 valence electrons. The van der Waals surface area contributed by atoms with E-state index >= 15 is 0 Å². The average molecular weight is 385 g/mol. The van der Waals surface area contributed by atoms with Crippen molar-refractivity contribution < 1.29 is 9.59 Å². The highest BCUT2D eigenvalue weighted by atomic mass is 32.1. The van der Waals surface area contributed by atoms with Crippen LogP contribution in [0.1, 0.15) is 61.1 Å². The smallest absolute Gasteiger partial charge is 0.240 e. The number of aryl methyl sites for hydroxylation is 1. The van der Waals surface area contributed by atoms with Crippen molar-refractivity contribution in [1.29, 1.82) is 0 Å². The zero-order valence-corrected chi connectivity index (χ0v) is 16.7. The molecule has 1 aliphatic carbocycles. The molecule has 1 atom stereocenters. The van der Waals surface area contributed by atoms with Crippen molar-refractivity contribution in [3.8, 4) is 0 Å². The van der Waals surface area contributed by atoms with Gasteiger partial charge in [-0.05, 0) is 41.8 Å². The quantitative estimate of drug-likeness (QED) is 0.716. The molecule has 0 saturated heterocycles. The van der Waals surface area contributed by atoms with E-state index in [-0.39, 0.29) is 30.3 Å². The lowest BCUT2D eigenvalue weighted by Crippen LogP contribution is -2.40. The van der Waals surface area contributed by atoms with Crippen LogP contribution in [0.3, 0.4) is 0 Å². The number of amides is 2. The summed E-state index contributed by atoms with van der Waals surface area (Å²) in [6.07, 6.45) is 6.27. The second-order valence-electron chi connectivity index (χ2n) is 7.21. The van der Waals surface area contributed by atoms with Crippen LogP contribution in [-0.4, -0.2) is 18.4 Å². The number of hydrogen-bond donors (Lipinski definition) is 2. The fourth-order valence-electron chi connectivity index (χ4n) is 3.65. The van der Waals surface area contributed by atoms with Crippen molar-refractivity contribution in [3.63, 3.8) is 0 Å². The molecule has 1 saturated carbocycles. The van der Waals surface area contributed by atoms with Crippen molar-refractivity contribution >= 4 is 23.2 Å². The Bertz CT molecular complexity index is 734. The number of carbonyl (C=O) groups excluding carboxylic acids is 2. The molecule has 0 spiro atoms. The van der Waals surface area contributed by atoms with E-state index in [1.54, 1.807) is 11.3 Å². The van der Waals surface area contributed by atoms with Crippen molar-refractivity contribution in [1.82, 2.24) is 10.6 Å². The lowest BCUT2D eigenvalue weighted by molar-refractivity contribution is -0.128. The monoisotopic (exact) mass is 384 g/mol. The Morgan fingerprint density at radius 1 is 1.15 bits per heavy atom. The number of benzene rings is 1. The lowest BCUT2D eigenvalue weighted by atomic mass is 10.0. The minimum absolute atomic E-state index is 0.0132. The van der Waals surface area contributed by atoms with Crippen molar-refractivity contribution in [2.24, 2.45) is 5.92 Å². The molecule has 1 aromatic carbocycles. The molecule has 1 unspecified atom stereocenters. The van der Waals surface area contributed by atoms with Gasteiger partial charge in [0.2, 0.25) is 11.8 Å². The third-order valence-electron chi connectivity index (χ3n) is 5.13. The number of hydrogen-bond acceptors (Lipinski definition) is 3. The number of thiophene rings is 1. The van der Waals surface area contributed by atoms with Gasteiger partial charge in [-0.1, -0.05) is 56.5 Å². The predicted octanol–water partition coefficient (Wildman–Crippen LogP) is 4.21. The van der Waals surface area contributed by atoms with E-state index in [9.17, 15) is 9.59 Å². The SMILES string of the molecule is CCCc1ccc(C(NC(=O)CNC(=O)C2CCCC2)c2cccs2)cc1. The molecule has 0 aliphatic heterocycles. The fourth-order valence-corrected chi connectivity index (χ4v) is 4.45. The minimum Gasteiger partial charge on any atom is -0.347 e. The molecule has 0 radical (unpaired) electrons. The standard InChI is InChI=1S/C22H28N2O2S/c1-2-6-16-10-12-17(13-11-16)21(19-9-5-14-27-19)24-20(25)15-23-22(26)18-7-3-4-8-18/h5,9-14,18,21H,2-4,6-8,15H2,1H3,(H,23,26)(H,24,25). The summed E-state index contributed by atoms with van der Waals surface area (Å²) in [6.45, 7) is 2.20. The van der Waals surface area contributed by atoms with Gasteiger partial charge in [-0.25, -0.2) is 0 Å². The molecule has 1 fully saturated rings. The van der Waals surface area contributed by atoms with Gasteiger partial charge in [0.05, 0.1) is 12.6 Å². The molecule has 2 aromatic rings. The summed E-state index contributed by atoms with van der Waals surface area (Å²) < 4.78 is 0. The second-order valence-corrected chi connectivity index (χ2v) is 8.19. The summed E-state index contributed by atoms with van der Waals surface area (Å²) in [5, 5.41) is 7.91. The fraction of sp³-hybridized carbons (Fsp3) is 0.455. The number of rotatable bonds is 8. The normalized spacial score (nSPS) is 15.4. The topological polar surface area (TPSA) is 58.2 Å². The molecule has 2 N–H and O–H groups in total. The first kappa shape index (κ1) is 19.6. The molecule has 3 rings (SSSR count). The van der Waals surface area contributed by atoms with Gasteiger partial charge in [0.1, 0.15) is 0 Å². The van der Waals surface area contributed by atoms with E-state index in [1.807, 2.05) is 17.5 Å². The Morgan fingerprint density at radius 2 is 1.89 bits per heavy atom. The van der Waals surface area contributed by atoms with Gasteiger partial charge in [0.25, 0.3) is 0 Å². The summed E-state index contributed by atoms with van der Waals surface area (Å²) in [7, 11) is 0. The van der Waals surface area contributed by atoms with Crippen LogP contribution in [0.4, 0.5) is 0 Å². The maximum absolute atomic E-state index is 12.5. The molecule has 2 amide bonds. The summed E-state index contributed by atoms with van der Waals surface area (Å²) in [4.78, 5) is 25.7. The van der Waals surface area contributed by atoms with Crippen molar-refractivity contribution in [2.75, 3.05) is 6.54 Å².